The Morgan fingerprint density at radius 3 is 2.49 bits per heavy atom. The normalized spacial score (nSPS) is 16.8. The predicted molar refractivity (Wildman–Crippen MR) is 169 cm³/mol. The molecule has 0 bridgehead atoms. The topological polar surface area (TPSA) is 82.6 Å². The number of nitrogens with one attached hydrogen (secondary N) is 1. The van der Waals surface area contributed by atoms with Crippen molar-refractivity contribution < 1.29 is 14.4 Å². The number of hydrogen-bond acceptors (Lipinski definition) is 7. The fraction of sp³-hybridized carbons (Fsp3) is 0.636. The maximum atomic E-state index is 13.7. The van der Waals surface area contributed by atoms with Gasteiger partial charge in [-0.25, -0.2) is 4.98 Å². The van der Waals surface area contributed by atoms with Gasteiger partial charge in [0.2, 0.25) is 5.91 Å². The second-order valence-corrected chi connectivity index (χ2v) is 12.9. The Morgan fingerprint density at radius 1 is 1.10 bits per heavy atom. The highest BCUT2D eigenvalue weighted by atomic mass is 32.1. The number of amides is 1. The van der Waals surface area contributed by atoms with E-state index in [1.807, 2.05) is 13.0 Å². The van der Waals surface area contributed by atoms with E-state index in [-0.39, 0.29) is 35.9 Å². The maximum absolute atomic E-state index is 13.7. The molecule has 41 heavy (non-hydrogen) atoms. The molecule has 1 saturated heterocycles. The molecule has 0 spiro atoms. The minimum atomic E-state index is -0.477. The molecular formula is C33H50N4O3S. The van der Waals surface area contributed by atoms with E-state index in [1.165, 1.54) is 5.56 Å². The third kappa shape index (κ3) is 10.1. The van der Waals surface area contributed by atoms with Crippen molar-refractivity contribution in [2.45, 2.75) is 85.1 Å². The van der Waals surface area contributed by atoms with Crippen LogP contribution in [0.1, 0.15) is 76.8 Å². The summed E-state index contributed by atoms with van der Waals surface area (Å²) < 4.78 is 1.12. The zero-order valence-electron chi connectivity index (χ0n) is 25.8. The molecule has 1 N–H and O–H groups in total. The summed E-state index contributed by atoms with van der Waals surface area (Å²) in [6.07, 6.45) is 4.67. The highest BCUT2D eigenvalue weighted by Gasteiger charge is 2.28. The van der Waals surface area contributed by atoms with Crippen LogP contribution in [-0.4, -0.2) is 78.1 Å². The van der Waals surface area contributed by atoms with Crippen LogP contribution in [0, 0.1) is 11.8 Å². The lowest BCUT2D eigenvalue weighted by atomic mass is 9.91. The Bertz CT molecular complexity index is 1180. The van der Waals surface area contributed by atoms with Gasteiger partial charge in [-0.2, -0.15) is 0 Å². The highest BCUT2D eigenvalue weighted by Crippen LogP contribution is 2.27. The van der Waals surface area contributed by atoms with E-state index in [2.05, 4.69) is 61.6 Å². The SMILES string of the molecule is C=C(CN1CCN(C)CC1)C(=O)CC[C@@H](NC(=O)[C@@H](CC(=O)CCC)Cc1nc2ccc(CC)cc2s1)[C@@H](C)CC. The number of aromatic nitrogens is 1. The first-order chi connectivity index (χ1) is 19.6. The Balaban J connectivity index is 1.66. The van der Waals surface area contributed by atoms with Gasteiger partial charge in [-0.05, 0) is 49.9 Å². The molecule has 1 aromatic heterocycles. The van der Waals surface area contributed by atoms with Crippen molar-refractivity contribution in [3.63, 3.8) is 0 Å². The van der Waals surface area contributed by atoms with E-state index < -0.39 is 5.92 Å². The van der Waals surface area contributed by atoms with Crippen LogP contribution in [0.5, 0.6) is 0 Å². The molecule has 1 aromatic carbocycles. The number of thiazole rings is 1. The number of carbonyl (C=O) groups is 3. The summed E-state index contributed by atoms with van der Waals surface area (Å²) in [5.41, 5.74) is 2.85. The van der Waals surface area contributed by atoms with E-state index in [4.69, 9.17) is 4.98 Å². The van der Waals surface area contributed by atoms with E-state index in [9.17, 15) is 14.4 Å². The number of piperazine rings is 1. The smallest absolute Gasteiger partial charge is 0.224 e. The molecule has 0 radical (unpaired) electrons. The number of benzene rings is 1. The highest BCUT2D eigenvalue weighted by molar-refractivity contribution is 7.18. The lowest BCUT2D eigenvalue weighted by Crippen LogP contribution is -2.45. The second-order valence-electron chi connectivity index (χ2n) is 11.8. The summed E-state index contributed by atoms with van der Waals surface area (Å²) in [7, 11) is 2.12. The molecule has 226 valence electrons. The van der Waals surface area contributed by atoms with Crippen molar-refractivity contribution in [3.8, 4) is 0 Å². The molecule has 8 heteroatoms. The number of rotatable bonds is 17. The van der Waals surface area contributed by atoms with E-state index >= 15 is 0 Å². The van der Waals surface area contributed by atoms with Crippen LogP contribution in [0.2, 0.25) is 0 Å². The summed E-state index contributed by atoms with van der Waals surface area (Å²) in [5, 5.41) is 4.14. The lowest BCUT2D eigenvalue weighted by molar-refractivity contribution is -0.130. The summed E-state index contributed by atoms with van der Waals surface area (Å²) in [4.78, 5) is 48.8. The van der Waals surface area contributed by atoms with Crippen LogP contribution in [-0.2, 0) is 27.2 Å². The number of aryl methyl sites for hydroxylation is 1. The molecule has 3 rings (SSSR count). The summed E-state index contributed by atoms with van der Waals surface area (Å²) >= 11 is 1.61. The zero-order chi connectivity index (χ0) is 29.9. The Morgan fingerprint density at radius 2 is 1.83 bits per heavy atom. The minimum Gasteiger partial charge on any atom is -0.353 e. The third-order valence-electron chi connectivity index (χ3n) is 8.45. The first kappa shape index (κ1) is 33.1. The molecule has 3 atom stereocenters. The van der Waals surface area contributed by atoms with Crippen LogP contribution >= 0.6 is 11.3 Å². The molecule has 2 heterocycles. The summed E-state index contributed by atoms with van der Waals surface area (Å²) in [6, 6.07) is 6.16. The Kier molecular flexibility index (Phi) is 13.1. The van der Waals surface area contributed by atoms with Crippen molar-refractivity contribution in [1.29, 1.82) is 0 Å². The maximum Gasteiger partial charge on any atom is 0.224 e. The lowest BCUT2D eigenvalue weighted by Gasteiger charge is -2.32. The van der Waals surface area contributed by atoms with Gasteiger partial charge in [-0.1, -0.05) is 46.8 Å². The summed E-state index contributed by atoms with van der Waals surface area (Å²) in [6.45, 7) is 16.9. The predicted octanol–water partition coefficient (Wildman–Crippen LogP) is 5.46. The molecule has 1 aliphatic rings. The summed E-state index contributed by atoms with van der Waals surface area (Å²) in [5.74, 6) is -0.203. The van der Waals surface area contributed by atoms with Gasteiger partial charge in [0.1, 0.15) is 5.78 Å². The van der Waals surface area contributed by atoms with Crippen molar-refractivity contribution in [2.75, 3.05) is 39.8 Å². The van der Waals surface area contributed by atoms with Gasteiger partial charge in [-0.3, -0.25) is 19.3 Å². The Labute approximate surface area is 250 Å². The van der Waals surface area contributed by atoms with Gasteiger partial charge in [-0.15, -0.1) is 11.3 Å². The van der Waals surface area contributed by atoms with E-state index in [0.29, 0.717) is 37.8 Å². The van der Waals surface area contributed by atoms with Gasteiger partial charge in [0, 0.05) is 70.0 Å². The average molecular weight is 583 g/mol. The molecule has 1 amide bonds. The molecule has 0 aliphatic carbocycles. The van der Waals surface area contributed by atoms with Crippen LogP contribution in [0.3, 0.4) is 0 Å². The van der Waals surface area contributed by atoms with Gasteiger partial charge in [0.15, 0.2) is 5.78 Å². The fourth-order valence-electron chi connectivity index (χ4n) is 5.36. The first-order valence-corrected chi connectivity index (χ1v) is 16.3. The van der Waals surface area contributed by atoms with Crippen LogP contribution in [0.15, 0.2) is 30.4 Å². The number of nitrogens with zero attached hydrogens (tertiary/aromatic N) is 3. The minimum absolute atomic E-state index is 0.0714. The van der Waals surface area contributed by atoms with Crippen molar-refractivity contribution in [1.82, 2.24) is 20.1 Å². The second kappa shape index (κ2) is 16.3. The number of Topliss-reactive ketones (excluding diaryl/α,β-unsaturated/α-hetero) is 2. The van der Waals surface area contributed by atoms with Crippen molar-refractivity contribution in [3.05, 3.63) is 40.9 Å². The molecule has 2 aromatic rings. The van der Waals surface area contributed by atoms with E-state index in [0.717, 1.165) is 60.7 Å². The quantitative estimate of drug-likeness (QED) is 0.250. The number of carbonyl (C=O) groups excluding carboxylic acids is 3. The standard InChI is InChI=1S/C33H50N4O3S/c1-7-10-27(38)20-26(21-32-34-29-12-11-25(9-3)19-31(29)41-32)33(40)35-28(23(4)8-2)13-14-30(39)24(5)22-37-17-15-36(6)16-18-37/h11-12,19,23,26,28H,5,7-10,13-18,20-22H2,1-4,6H3,(H,35,40)/t23-,26-,28+/m0/s1. The number of ketones is 2. The largest absolute Gasteiger partial charge is 0.353 e. The zero-order valence-corrected chi connectivity index (χ0v) is 26.7. The van der Waals surface area contributed by atoms with Gasteiger partial charge in [0.05, 0.1) is 21.1 Å². The van der Waals surface area contributed by atoms with Crippen molar-refractivity contribution >= 4 is 39.0 Å². The van der Waals surface area contributed by atoms with Gasteiger partial charge >= 0.3 is 0 Å². The van der Waals surface area contributed by atoms with Gasteiger partial charge < -0.3 is 10.2 Å². The molecular weight excluding hydrogens is 532 g/mol. The molecule has 1 aliphatic heterocycles. The third-order valence-corrected chi connectivity index (χ3v) is 9.49. The molecule has 0 unspecified atom stereocenters. The van der Waals surface area contributed by atoms with Crippen LogP contribution in [0.4, 0.5) is 0 Å². The van der Waals surface area contributed by atoms with Crippen LogP contribution < -0.4 is 5.32 Å². The molecule has 1 fully saturated rings. The average Bonchev–Trinajstić information content (AvgIpc) is 3.36. The molecule has 7 nitrogen and oxygen atoms in total. The number of fused-ring (bicyclic) bond motifs is 1. The van der Waals surface area contributed by atoms with E-state index in [1.54, 1.807) is 11.3 Å². The van der Waals surface area contributed by atoms with Crippen molar-refractivity contribution in [2.24, 2.45) is 11.8 Å². The Hall–Kier alpha value is -2.42. The number of hydrogen-bond donors (Lipinski definition) is 1. The molecule has 0 saturated carbocycles. The fourth-order valence-corrected chi connectivity index (χ4v) is 6.47. The van der Waals surface area contributed by atoms with Crippen LogP contribution in [0.25, 0.3) is 10.2 Å². The number of likely N-dealkylation sites (N-methyl/N-ethyl adjacent to an activating group) is 1. The first-order valence-electron chi connectivity index (χ1n) is 15.5. The van der Waals surface area contributed by atoms with Gasteiger partial charge in [0.25, 0.3) is 0 Å². The monoisotopic (exact) mass is 582 g/mol.